The number of aryl methyl sites for hydroxylation is 1. The highest BCUT2D eigenvalue weighted by atomic mass is 35.5. The number of hydrogen-bond donors (Lipinski definition) is 1. The first kappa shape index (κ1) is 11.0. The van der Waals surface area contributed by atoms with Gasteiger partial charge in [-0.3, -0.25) is 4.68 Å². The Morgan fingerprint density at radius 3 is 3.00 bits per heavy atom. The van der Waals surface area contributed by atoms with Gasteiger partial charge in [0.1, 0.15) is 5.82 Å². The van der Waals surface area contributed by atoms with E-state index >= 15 is 0 Å². The molecule has 0 bridgehead atoms. The number of hydrogen-bond acceptors (Lipinski definition) is 2. The first-order valence-electron chi connectivity index (χ1n) is 4.81. The molecule has 0 atom stereocenters. The van der Waals surface area contributed by atoms with Crippen molar-refractivity contribution in [3.8, 4) is 0 Å². The fourth-order valence-electron chi connectivity index (χ4n) is 1.39. The standard InChI is InChI=1S/C11H11ClFN3/c1-16-7-10(6-15-16)14-5-8-4-9(13)2-3-11(8)12/h2-4,6-7,14H,5H2,1H3. The molecule has 2 rings (SSSR count). The minimum Gasteiger partial charge on any atom is -0.378 e. The fraction of sp³-hybridized carbons (Fsp3) is 0.182. The van der Waals surface area contributed by atoms with E-state index in [9.17, 15) is 4.39 Å². The van der Waals surface area contributed by atoms with Crippen molar-refractivity contribution in [2.45, 2.75) is 6.54 Å². The predicted molar refractivity (Wildman–Crippen MR) is 61.9 cm³/mol. The van der Waals surface area contributed by atoms with Crippen molar-refractivity contribution < 1.29 is 4.39 Å². The maximum Gasteiger partial charge on any atom is 0.123 e. The molecular formula is C11H11ClFN3. The zero-order chi connectivity index (χ0) is 11.5. The van der Waals surface area contributed by atoms with E-state index in [4.69, 9.17) is 11.6 Å². The van der Waals surface area contributed by atoms with Crippen molar-refractivity contribution in [3.63, 3.8) is 0 Å². The molecule has 0 saturated heterocycles. The summed E-state index contributed by atoms with van der Waals surface area (Å²) >= 11 is 5.94. The maximum absolute atomic E-state index is 13.0. The lowest BCUT2D eigenvalue weighted by Crippen LogP contribution is -1.99. The molecule has 0 saturated carbocycles. The molecule has 0 unspecified atom stereocenters. The summed E-state index contributed by atoms with van der Waals surface area (Å²) in [7, 11) is 1.83. The maximum atomic E-state index is 13.0. The zero-order valence-electron chi connectivity index (χ0n) is 8.74. The summed E-state index contributed by atoms with van der Waals surface area (Å²) in [6.07, 6.45) is 3.54. The quantitative estimate of drug-likeness (QED) is 0.893. The van der Waals surface area contributed by atoms with E-state index in [1.807, 2.05) is 13.2 Å². The Morgan fingerprint density at radius 2 is 2.31 bits per heavy atom. The minimum atomic E-state index is -0.285. The zero-order valence-corrected chi connectivity index (χ0v) is 9.50. The Morgan fingerprint density at radius 1 is 1.50 bits per heavy atom. The number of nitrogens with zero attached hydrogens (tertiary/aromatic N) is 2. The molecule has 1 aromatic heterocycles. The highest BCUT2D eigenvalue weighted by Crippen LogP contribution is 2.18. The third kappa shape index (κ3) is 2.52. The van der Waals surface area contributed by atoms with Crippen LogP contribution in [-0.2, 0) is 13.6 Å². The second kappa shape index (κ2) is 4.53. The van der Waals surface area contributed by atoms with Crippen LogP contribution in [0, 0.1) is 5.82 Å². The van der Waals surface area contributed by atoms with Crippen molar-refractivity contribution in [1.29, 1.82) is 0 Å². The molecule has 5 heteroatoms. The Hall–Kier alpha value is -1.55. The van der Waals surface area contributed by atoms with Crippen LogP contribution in [0.1, 0.15) is 5.56 Å². The van der Waals surface area contributed by atoms with Crippen LogP contribution < -0.4 is 5.32 Å². The lowest BCUT2D eigenvalue weighted by atomic mass is 10.2. The molecule has 1 heterocycles. The molecule has 0 radical (unpaired) electrons. The highest BCUT2D eigenvalue weighted by Gasteiger charge is 2.02. The largest absolute Gasteiger partial charge is 0.378 e. The summed E-state index contributed by atoms with van der Waals surface area (Å²) in [5.41, 5.74) is 1.60. The Bertz CT molecular complexity index is 496. The van der Waals surface area contributed by atoms with Crippen LogP contribution in [-0.4, -0.2) is 9.78 Å². The second-order valence-corrected chi connectivity index (χ2v) is 3.90. The SMILES string of the molecule is Cn1cc(NCc2cc(F)ccc2Cl)cn1. The van der Waals surface area contributed by atoms with Crippen LogP contribution in [0.3, 0.4) is 0 Å². The average Bonchev–Trinajstić information content (AvgIpc) is 2.66. The van der Waals surface area contributed by atoms with Crippen LogP contribution in [0.2, 0.25) is 5.02 Å². The third-order valence-corrected chi connectivity index (χ3v) is 2.56. The molecule has 3 nitrogen and oxygen atoms in total. The van der Waals surface area contributed by atoms with Crippen molar-refractivity contribution >= 4 is 17.3 Å². The van der Waals surface area contributed by atoms with E-state index < -0.39 is 0 Å². The molecule has 0 aliphatic heterocycles. The number of rotatable bonds is 3. The van der Waals surface area contributed by atoms with Gasteiger partial charge in [0.2, 0.25) is 0 Å². The van der Waals surface area contributed by atoms with E-state index in [0.29, 0.717) is 11.6 Å². The van der Waals surface area contributed by atoms with E-state index in [-0.39, 0.29) is 5.82 Å². The van der Waals surface area contributed by atoms with E-state index in [2.05, 4.69) is 10.4 Å². The summed E-state index contributed by atoms with van der Waals surface area (Å²) in [4.78, 5) is 0. The Kier molecular flexibility index (Phi) is 3.10. The van der Waals surface area contributed by atoms with Crippen LogP contribution in [0.15, 0.2) is 30.6 Å². The summed E-state index contributed by atoms with van der Waals surface area (Å²) in [5.74, 6) is -0.285. The summed E-state index contributed by atoms with van der Waals surface area (Å²) in [6, 6.07) is 4.32. The smallest absolute Gasteiger partial charge is 0.123 e. The van der Waals surface area contributed by atoms with Gasteiger partial charge in [0.25, 0.3) is 0 Å². The fourth-order valence-corrected chi connectivity index (χ4v) is 1.57. The monoisotopic (exact) mass is 239 g/mol. The molecule has 1 N–H and O–H groups in total. The van der Waals surface area contributed by atoms with Crippen molar-refractivity contribution in [1.82, 2.24) is 9.78 Å². The van der Waals surface area contributed by atoms with Gasteiger partial charge in [-0.1, -0.05) is 11.6 Å². The van der Waals surface area contributed by atoms with Crippen molar-refractivity contribution in [2.75, 3.05) is 5.32 Å². The highest BCUT2D eigenvalue weighted by molar-refractivity contribution is 6.31. The number of nitrogens with one attached hydrogen (secondary N) is 1. The van der Waals surface area contributed by atoms with Gasteiger partial charge in [0.15, 0.2) is 0 Å². The topological polar surface area (TPSA) is 29.9 Å². The molecule has 0 fully saturated rings. The summed E-state index contributed by atoms with van der Waals surface area (Å²) in [5, 5.41) is 7.68. The summed E-state index contributed by atoms with van der Waals surface area (Å²) in [6.45, 7) is 0.474. The second-order valence-electron chi connectivity index (χ2n) is 3.49. The van der Waals surface area contributed by atoms with Crippen molar-refractivity contribution in [2.24, 2.45) is 7.05 Å². The molecule has 2 aromatic rings. The van der Waals surface area contributed by atoms with Crippen LogP contribution in [0.25, 0.3) is 0 Å². The number of anilines is 1. The number of benzene rings is 1. The van der Waals surface area contributed by atoms with E-state index in [1.54, 1.807) is 16.9 Å². The molecule has 84 valence electrons. The van der Waals surface area contributed by atoms with E-state index in [1.165, 1.54) is 12.1 Å². The number of halogens is 2. The Balaban J connectivity index is 2.07. The predicted octanol–water partition coefficient (Wildman–Crippen LogP) is 2.82. The van der Waals surface area contributed by atoms with Crippen LogP contribution >= 0.6 is 11.6 Å². The van der Waals surface area contributed by atoms with Crippen molar-refractivity contribution in [3.05, 3.63) is 47.0 Å². The van der Waals surface area contributed by atoms with Crippen LogP contribution in [0.4, 0.5) is 10.1 Å². The van der Waals surface area contributed by atoms with Gasteiger partial charge in [-0.2, -0.15) is 5.10 Å². The average molecular weight is 240 g/mol. The molecular weight excluding hydrogens is 229 g/mol. The summed E-state index contributed by atoms with van der Waals surface area (Å²) < 4.78 is 14.7. The lowest BCUT2D eigenvalue weighted by molar-refractivity contribution is 0.626. The van der Waals surface area contributed by atoms with E-state index in [0.717, 1.165) is 11.3 Å². The molecule has 0 aliphatic carbocycles. The van der Waals surface area contributed by atoms with Gasteiger partial charge >= 0.3 is 0 Å². The van der Waals surface area contributed by atoms with Gasteiger partial charge in [-0.15, -0.1) is 0 Å². The van der Waals surface area contributed by atoms with Gasteiger partial charge in [-0.05, 0) is 23.8 Å². The first-order chi connectivity index (χ1) is 7.65. The number of aromatic nitrogens is 2. The molecule has 0 amide bonds. The molecule has 1 aromatic carbocycles. The van der Waals surface area contributed by atoms with Crippen LogP contribution in [0.5, 0.6) is 0 Å². The normalized spacial score (nSPS) is 10.4. The molecule has 0 spiro atoms. The molecule has 16 heavy (non-hydrogen) atoms. The van der Waals surface area contributed by atoms with Gasteiger partial charge in [-0.25, -0.2) is 4.39 Å². The molecule has 0 aliphatic rings. The lowest BCUT2D eigenvalue weighted by Gasteiger charge is -2.05. The van der Waals surface area contributed by atoms with Gasteiger partial charge in [0, 0.05) is 24.8 Å². The van der Waals surface area contributed by atoms with Gasteiger partial charge in [0.05, 0.1) is 11.9 Å². The van der Waals surface area contributed by atoms with Gasteiger partial charge < -0.3 is 5.32 Å². The third-order valence-electron chi connectivity index (χ3n) is 2.20. The Labute approximate surface area is 97.8 Å². The minimum absolute atomic E-state index is 0.285. The first-order valence-corrected chi connectivity index (χ1v) is 5.19.